The Kier molecular flexibility index (Phi) is 2.68. The van der Waals surface area contributed by atoms with Crippen LogP contribution in [0.5, 0.6) is 0 Å². The van der Waals surface area contributed by atoms with Crippen LogP contribution in [0.4, 0.5) is 5.13 Å². The van der Waals surface area contributed by atoms with Crippen LogP contribution in [0.2, 0.25) is 0 Å². The first-order chi connectivity index (χ1) is 8.35. The molecule has 1 aromatic rings. The van der Waals surface area contributed by atoms with Crippen LogP contribution in [-0.2, 0) is 6.54 Å². The zero-order chi connectivity index (χ0) is 13.0. The number of fused-ring (bicyclic) bond motifs is 2. The van der Waals surface area contributed by atoms with Crippen molar-refractivity contribution in [2.45, 2.75) is 52.6 Å². The summed E-state index contributed by atoms with van der Waals surface area (Å²) in [4.78, 5) is 2.59. The van der Waals surface area contributed by atoms with Crippen molar-refractivity contribution in [3.63, 3.8) is 0 Å². The average molecular weight is 266 g/mol. The minimum Gasteiger partial charge on any atom is -0.374 e. The molecule has 1 aliphatic carbocycles. The van der Waals surface area contributed by atoms with E-state index in [1.165, 1.54) is 37.1 Å². The SMILES string of the molecule is CC1(C)CC2CC(C)(CN2Cc2nnc(N)s2)C1. The molecular formula is C13H22N4S. The summed E-state index contributed by atoms with van der Waals surface area (Å²) in [6, 6.07) is 0.712. The van der Waals surface area contributed by atoms with Gasteiger partial charge in [0.05, 0.1) is 6.54 Å². The molecule has 2 aliphatic rings. The fourth-order valence-electron chi connectivity index (χ4n) is 4.27. The summed E-state index contributed by atoms with van der Waals surface area (Å²) in [5, 5.41) is 9.70. The van der Waals surface area contributed by atoms with Crippen LogP contribution in [0.15, 0.2) is 0 Å². The molecule has 100 valence electrons. The number of rotatable bonds is 2. The van der Waals surface area contributed by atoms with Gasteiger partial charge in [0.1, 0.15) is 5.01 Å². The third kappa shape index (κ3) is 2.26. The molecule has 1 saturated heterocycles. The Morgan fingerprint density at radius 3 is 2.78 bits per heavy atom. The third-order valence-corrected chi connectivity index (χ3v) is 5.08. The number of nitrogens with zero attached hydrogens (tertiary/aromatic N) is 3. The van der Waals surface area contributed by atoms with Crippen LogP contribution in [0.1, 0.15) is 45.0 Å². The lowest BCUT2D eigenvalue weighted by atomic mass is 9.65. The number of nitrogens with two attached hydrogens (primary N) is 1. The van der Waals surface area contributed by atoms with Crippen LogP contribution in [0.25, 0.3) is 0 Å². The smallest absolute Gasteiger partial charge is 0.203 e. The van der Waals surface area contributed by atoms with Crippen molar-refractivity contribution in [2.75, 3.05) is 12.3 Å². The fraction of sp³-hybridized carbons (Fsp3) is 0.846. The van der Waals surface area contributed by atoms with Crippen molar-refractivity contribution in [1.82, 2.24) is 15.1 Å². The Morgan fingerprint density at radius 1 is 1.33 bits per heavy atom. The minimum absolute atomic E-state index is 0.479. The Hall–Kier alpha value is -0.680. The van der Waals surface area contributed by atoms with Gasteiger partial charge in [-0.3, -0.25) is 4.90 Å². The summed E-state index contributed by atoms with van der Waals surface area (Å²) in [5.41, 5.74) is 6.62. The van der Waals surface area contributed by atoms with Gasteiger partial charge in [-0.2, -0.15) is 0 Å². The zero-order valence-corrected chi connectivity index (χ0v) is 12.3. The molecule has 4 nitrogen and oxygen atoms in total. The second-order valence-corrected chi connectivity index (χ2v) is 8.25. The highest BCUT2D eigenvalue weighted by Crippen LogP contribution is 2.52. The number of anilines is 1. The van der Waals surface area contributed by atoms with Crippen molar-refractivity contribution in [2.24, 2.45) is 10.8 Å². The van der Waals surface area contributed by atoms with E-state index < -0.39 is 0 Å². The van der Waals surface area contributed by atoms with Gasteiger partial charge in [-0.25, -0.2) is 0 Å². The molecule has 0 spiro atoms. The monoisotopic (exact) mass is 266 g/mol. The summed E-state index contributed by atoms with van der Waals surface area (Å²) in [6.45, 7) is 9.37. The van der Waals surface area contributed by atoms with E-state index in [-0.39, 0.29) is 0 Å². The maximum Gasteiger partial charge on any atom is 0.203 e. The maximum atomic E-state index is 5.66. The van der Waals surface area contributed by atoms with Crippen LogP contribution in [0.3, 0.4) is 0 Å². The molecule has 2 N–H and O–H groups in total. The summed E-state index contributed by atoms with van der Waals surface area (Å²) in [7, 11) is 0. The first kappa shape index (κ1) is 12.4. The van der Waals surface area contributed by atoms with Crippen LogP contribution >= 0.6 is 11.3 Å². The second kappa shape index (κ2) is 3.90. The standard InChI is InChI=1S/C13H22N4S/c1-12(2)4-9-5-13(3,7-12)8-17(9)6-10-15-16-11(14)18-10/h9H,4-8H2,1-3H3,(H2,14,16). The number of hydrogen-bond donors (Lipinski definition) is 1. The molecule has 2 bridgehead atoms. The van der Waals surface area contributed by atoms with Crippen molar-refractivity contribution < 1.29 is 0 Å². The van der Waals surface area contributed by atoms with Gasteiger partial charge in [0.2, 0.25) is 5.13 Å². The normalized spacial score (nSPS) is 34.9. The van der Waals surface area contributed by atoms with E-state index in [1.807, 2.05) is 0 Å². The van der Waals surface area contributed by atoms with Gasteiger partial charge in [0.25, 0.3) is 0 Å². The topological polar surface area (TPSA) is 55.0 Å². The highest BCUT2D eigenvalue weighted by molar-refractivity contribution is 7.15. The van der Waals surface area contributed by atoms with Crippen LogP contribution < -0.4 is 5.73 Å². The average Bonchev–Trinajstić information content (AvgIpc) is 2.68. The van der Waals surface area contributed by atoms with Crippen LogP contribution in [0, 0.1) is 10.8 Å². The largest absolute Gasteiger partial charge is 0.374 e. The Bertz CT molecular complexity index is 456. The molecule has 1 saturated carbocycles. The number of hydrogen-bond acceptors (Lipinski definition) is 5. The quantitative estimate of drug-likeness (QED) is 0.893. The van der Waals surface area contributed by atoms with E-state index in [0.717, 1.165) is 11.6 Å². The lowest BCUT2D eigenvalue weighted by Gasteiger charge is -2.39. The van der Waals surface area contributed by atoms with Gasteiger partial charge in [-0.15, -0.1) is 10.2 Å². The molecule has 1 aliphatic heterocycles. The molecule has 1 aromatic heterocycles. The summed E-state index contributed by atoms with van der Waals surface area (Å²) >= 11 is 1.52. The summed E-state index contributed by atoms with van der Waals surface area (Å²) in [5.74, 6) is 0. The van der Waals surface area contributed by atoms with Gasteiger partial charge >= 0.3 is 0 Å². The molecule has 0 amide bonds. The van der Waals surface area contributed by atoms with Crippen molar-refractivity contribution in [1.29, 1.82) is 0 Å². The Morgan fingerprint density at radius 2 is 2.11 bits per heavy atom. The number of nitrogen functional groups attached to an aromatic ring is 1. The molecule has 0 radical (unpaired) electrons. The van der Waals surface area contributed by atoms with E-state index in [4.69, 9.17) is 5.73 Å². The lowest BCUT2D eigenvalue weighted by molar-refractivity contribution is 0.126. The van der Waals surface area contributed by atoms with Gasteiger partial charge < -0.3 is 5.73 Å². The molecule has 2 atom stereocenters. The number of likely N-dealkylation sites (tertiary alicyclic amines) is 1. The van der Waals surface area contributed by atoms with E-state index in [9.17, 15) is 0 Å². The number of aromatic nitrogens is 2. The highest BCUT2D eigenvalue weighted by atomic mass is 32.1. The van der Waals surface area contributed by atoms with Gasteiger partial charge in [0.15, 0.2) is 0 Å². The van der Waals surface area contributed by atoms with Crippen LogP contribution in [-0.4, -0.2) is 27.7 Å². The van der Waals surface area contributed by atoms with Crippen molar-refractivity contribution in [3.8, 4) is 0 Å². The zero-order valence-electron chi connectivity index (χ0n) is 11.4. The molecule has 18 heavy (non-hydrogen) atoms. The third-order valence-electron chi connectivity index (χ3n) is 4.34. The first-order valence-electron chi connectivity index (χ1n) is 6.67. The molecule has 3 rings (SSSR count). The predicted octanol–water partition coefficient (Wildman–Crippen LogP) is 2.52. The molecule has 5 heteroatoms. The highest BCUT2D eigenvalue weighted by Gasteiger charge is 2.49. The van der Waals surface area contributed by atoms with E-state index >= 15 is 0 Å². The maximum absolute atomic E-state index is 5.66. The second-order valence-electron chi connectivity index (χ2n) is 7.15. The molecular weight excluding hydrogens is 244 g/mol. The first-order valence-corrected chi connectivity index (χ1v) is 7.49. The Balaban J connectivity index is 1.76. The summed E-state index contributed by atoms with van der Waals surface area (Å²) < 4.78 is 0. The van der Waals surface area contributed by atoms with Crippen molar-refractivity contribution in [3.05, 3.63) is 5.01 Å². The molecule has 2 unspecified atom stereocenters. The van der Waals surface area contributed by atoms with E-state index in [2.05, 4.69) is 35.9 Å². The molecule has 2 heterocycles. The van der Waals surface area contributed by atoms with Crippen molar-refractivity contribution >= 4 is 16.5 Å². The van der Waals surface area contributed by atoms with Gasteiger partial charge in [-0.1, -0.05) is 32.1 Å². The van der Waals surface area contributed by atoms with E-state index in [1.54, 1.807) is 0 Å². The lowest BCUT2D eigenvalue weighted by Crippen LogP contribution is -2.34. The molecule has 2 fully saturated rings. The van der Waals surface area contributed by atoms with E-state index in [0.29, 0.717) is 22.0 Å². The Labute approximate surface area is 113 Å². The van der Waals surface area contributed by atoms with Gasteiger partial charge in [-0.05, 0) is 30.1 Å². The molecule has 0 aromatic carbocycles. The van der Waals surface area contributed by atoms with Gasteiger partial charge in [0, 0.05) is 12.6 Å². The fourth-order valence-corrected chi connectivity index (χ4v) is 4.90. The minimum atomic E-state index is 0.479. The summed E-state index contributed by atoms with van der Waals surface area (Å²) in [6.07, 6.45) is 3.98. The predicted molar refractivity (Wildman–Crippen MR) is 74.3 cm³/mol.